The molecule has 1 fully saturated rings. The SMILES string of the molecule is CCNC(=NCc1cc(Cl)c2c(c1)OCCCO2)NC1CCN(C(=O)C(C)C)C1.I. The van der Waals surface area contributed by atoms with Gasteiger partial charge >= 0.3 is 0 Å². The summed E-state index contributed by atoms with van der Waals surface area (Å²) >= 11 is 6.38. The Morgan fingerprint density at radius 1 is 1.33 bits per heavy atom. The summed E-state index contributed by atoms with van der Waals surface area (Å²) in [5, 5.41) is 7.28. The highest BCUT2D eigenvalue weighted by atomic mass is 127. The van der Waals surface area contributed by atoms with E-state index in [2.05, 4.69) is 10.6 Å². The van der Waals surface area contributed by atoms with Crippen LogP contribution in [0.1, 0.15) is 39.2 Å². The summed E-state index contributed by atoms with van der Waals surface area (Å²) in [4.78, 5) is 18.8. The summed E-state index contributed by atoms with van der Waals surface area (Å²) in [5.41, 5.74) is 0.958. The monoisotopic (exact) mass is 550 g/mol. The summed E-state index contributed by atoms with van der Waals surface area (Å²) in [6.45, 7) is 9.85. The molecule has 0 saturated carbocycles. The van der Waals surface area contributed by atoms with Crippen molar-refractivity contribution in [3.05, 3.63) is 22.7 Å². The van der Waals surface area contributed by atoms with Crippen molar-refractivity contribution in [3.63, 3.8) is 0 Å². The molecule has 2 heterocycles. The van der Waals surface area contributed by atoms with Crippen molar-refractivity contribution in [3.8, 4) is 11.5 Å². The topological polar surface area (TPSA) is 75.2 Å². The molecule has 0 aromatic heterocycles. The number of nitrogens with zero attached hydrogens (tertiary/aromatic N) is 2. The van der Waals surface area contributed by atoms with Gasteiger partial charge in [0.05, 0.1) is 24.8 Å². The van der Waals surface area contributed by atoms with Crippen molar-refractivity contribution in [2.45, 2.75) is 46.2 Å². The van der Waals surface area contributed by atoms with Gasteiger partial charge in [0.25, 0.3) is 0 Å². The highest BCUT2D eigenvalue weighted by Crippen LogP contribution is 2.38. The Hall–Kier alpha value is -1.42. The van der Waals surface area contributed by atoms with E-state index in [4.69, 9.17) is 26.1 Å². The van der Waals surface area contributed by atoms with Crippen LogP contribution >= 0.6 is 35.6 Å². The second-order valence-corrected chi connectivity index (χ2v) is 8.13. The smallest absolute Gasteiger partial charge is 0.225 e. The van der Waals surface area contributed by atoms with Crippen LogP contribution in [0, 0.1) is 5.92 Å². The Balaban J connectivity index is 0.00000320. The van der Waals surface area contributed by atoms with Gasteiger partial charge in [-0.25, -0.2) is 4.99 Å². The first-order valence-electron chi connectivity index (χ1n) is 10.4. The zero-order valence-electron chi connectivity index (χ0n) is 17.9. The third-order valence-electron chi connectivity index (χ3n) is 4.96. The first-order valence-corrected chi connectivity index (χ1v) is 10.8. The van der Waals surface area contributed by atoms with Gasteiger partial charge in [-0.05, 0) is 31.0 Å². The van der Waals surface area contributed by atoms with Crippen molar-refractivity contribution < 1.29 is 14.3 Å². The maximum Gasteiger partial charge on any atom is 0.225 e. The van der Waals surface area contributed by atoms with E-state index in [-0.39, 0.29) is 41.8 Å². The van der Waals surface area contributed by atoms with Crippen LogP contribution in [0.15, 0.2) is 17.1 Å². The molecule has 1 unspecified atom stereocenters. The standard InChI is InChI=1S/C21H31ClN4O3.HI/c1-4-23-21(25-16-6-7-26(13-16)20(27)14(2)3)24-12-15-10-17(22)19-18(11-15)28-8-5-9-29-19;/h10-11,14,16H,4-9,12-13H2,1-3H3,(H2,23,24,25);1H. The highest BCUT2D eigenvalue weighted by Gasteiger charge is 2.28. The van der Waals surface area contributed by atoms with Gasteiger partial charge in [0, 0.05) is 38.0 Å². The number of fused-ring (bicyclic) bond motifs is 1. The maximum absolute atomic E-state index is 12.2. The first-order chi connectivity index (χ1) is 14.0. The largest absolute Gasteiger partial charge is 0.489 e. The molecule has 0 bridgehead atoms. The van der Waals surface area contributed by atoms with Gasteiger partial charge in [-0.1, -0.05) is 25.4 Å². The van der Waals surface area contributed by atoms with Crippen molar-refractivity contribution in [2.75, 3.05) is 32.8 Å². The lowest BCUT2D eigenvalue weighted by atomic mass is 10.2. The molecule has 168 valence electrons. The molecular formula is C21H32ClIN4O3. The Labute approximate surface area is 200 Å². The number of hydrogen-bond acceptors (Lipinski definition) is 4. The molecule has 0 aliphatic carbocycles. The molecule has 2 aliphatic rings. The molecule has 1 aromatic rings. The summed E-state index contributed by atoms with van der Waals surface area (Å²) in [6.07, 6.45) is 1.75. The third kappa shape index (κ3) is 6.54. The van der Waals surface area contributed by atoms with E-state index >= 15 is 0 Å². The molecule has 1 atom stereocenters. The van der Waals surface area contributed by atoms with Gasteiger partial charge in [0.15, 0.2) is 17.5 Å². The van der Waals surface area contributed by atoms with Crippen molar-refractivity contribution in [1.29, 1.82) is 0 Å². The minimum absolute atomic E-state index is 0. The number of carbonyl (C=O) groups excluding carboxylic acids is 1. The molecule has 2 N–H and O–H groups in total. The molecule has 7 nitrogen and oxygen atoms in total. The van der Waals surface area contributed by atoms with Crippen LogP contribution in [0.5, 0.6) is 11.5 Å². The van der Waals surface area contributed by atoms with Gasteiger partial charge in [-0.2, -0.15) is 0 Å². The third-order valence-corrected chi connectivity index (χ3v) is 5.24. The second-order valence-electron chi connectivity index (χ2n) is 7.72. The molecule has 0 radical (unpaired) electrons. The summed E-state index contributed by atoms with van der Waals surface area (Å²) < 4.78 is 11.4. The lowest BCUT2D eigenvalue weighted by molar-refractivity contribution is -0.133. The van der Waals surface area contributed by atoms with Gasteiger partial charge in [-0.3, -0.25) is 4.79 Å². The van der Waals surface area contributed by atoms with Gasteiger partial charge in [0.1, 0.15) is 0 Å². The lowest BCUT2D eigenvalue weighted by Gasteiger charge is -2.20. The number of halogens is 2. The van der Waals surface area contributed by atoms with Crippen LogP contribution in [0.4, 0.5) is 0 Å². The maximum atomic E-state index is 12.2. The van der Waals surface area contributed by atoms with Crippen LogP contribution < -0.4 is 20.1 Å². The zero-order chi connectivity index (χ0) is 20.8. The average molecular weight is 551 g/mol. The Morgan fingerprint density at radius 2 is 2.10 bits per heavy atom. The van der Waals surface area contributed by atoms with Crippen LogP contribution in [0.3, 0.4) is 0 Å². The van der Waals surface area contributed by atoms with Crippen molar-refractivity contribution in [1.82, 2.24) is 15.5 Å². The number of rotatable bonds is 5. The van der Waals surface area contributed by atoms with E-state index in [1.807, 2.05) is 37.8 Å². The predicted molar refractivity (Wildman–Crippen MR) is 130 cm³/mol. The molecule has 3 rings (SSSR count). The zero-order valence-corrected chi connectivity index (χ0v) is 21.0. The predicted octanol–water partition coefficient (Wildman–Crippen LogP) is 3.43. The fraction of sp³-hybridized carbons (Fsp3) is 0.619. The molecule has 9 heteroatoms. The van der Waals surface area contributed by atoms with E-state index in [1.54, 1.807) is 0 Å². The molecular weight excluding hydrogens is 519 g/mol. The number of nitrogens with one attached hydrogen (secondary N) is 2. The fourth-order valence-corrected chi connectivity index (χ4v) is 3.79. The van der Waals surface area contributed by atoms with Gasteiger partial charge < -0.3 is 25.0 Å². The normalized spacial score (nSPS) is 18.6. The molecule has 1 amide bonds. The van der Waals surface area contributed by atoms with E-state index in [1.165, 1.54) is 0 Å². The number of carbonyl (C=O) groups is 1. The number of amides is 1. The number of ether oxygens (including phenoxy) is 2. The first kappa shape index (κ1) is 24.8. The molecule has 1 saturated heterocycles. The van der Waals surface area contributed by atoms with E-state index in [0.29, 0.717) is 42.8 Å². The molecule has 30 heavy (non-hydrogen) atoms. The van der Waals surface area contributed by atoms with Crippen LogP contribution in [0.2, 0.25) is 5.02 Å². The quantitative estimate of drug-likeness (QED) is 0.334. The molecule has 1 aromatic carbocycles. The molecule has 2 aliphatic heterocycles. The number of hydrogen-bond donors (Lipinski definition) is 2. The van der Waals surface area contributed by atoms with Crippen LogP contribution in [-0.2, 0) is 11.3 Å². The highest BCUT2D eigenvalue weighted by molar-refractivity contribution is 14.0. The van der Waals surface area contributed by atoms with Gasteiger partial charge in [-0.15, -0.1) is 24.0 Å². The van der Waals surface area contributed by atoms with Crippen LogP contribution in [-0.4, -0.2) is 55.7 Å². The average Bonchev–Trinajstić information content (AvgIpc) is 3.01. The molecule has 0 spiro atoms. The Bertz CT molecular complexity index is 760. The van der Waals surface area contributed by atoms with Gasteiger partial charge in [0.2, 0.25) is 5.91 Å². The van der Waals surface area contributed by atoms with E-state index in [0.717, 1.165) is 37.5 Å². The van der Waals surface area contributed by atoms with Crippen molar-refractivity contribution >= 4 is 47.4 Å². The number of aliphatic imine (C=N–C) groups is 1. The number of likely N-dealkylation sites (tertiary alicyclic amines) is 1. The lowest BCUT2D eigenvalue weighted by Crippen LogP contribution is -2.45. The Morgan fingerprint density at radius 3 is 2.83 bits per heavy atom. The minimum atomic E-state index is 0. The Kier molecular flexibility index (Phi) is 9.80. The second kappa shape index (κ2) is 11.8. The van der Waals surface area contributed by atoms with E-state index in [9.17, 15) is 4.79 Å². The van der Waals surface area contributed by atoms with Crippen molar-refractivity contribution in [2.24, 2.45) is 10.9 Å². The summed E-state index contributed by atoms with van der Waals surface area (Å²) in [7, 11) is 0. The summed E-state index contributed by atoms with van der Waals surface area (Å²) in [6, 6.07) is 4.02. The number of guanidine groups is 1. The van der Waals surface area contributed by atoms with E-state index < -0.39 is 0 Å². The number of benzene rings is 1. The fourth-order valence-electron chi connectivity index (χ4n) is 3.50. The van der Waals surface area contributed by atoms with Crippen LogP contribution in [0.25, 0.3) is 0 Å². The summed E-state index contributed by atoms with van der Waals surface area (Å²) in [5.74, 6) is 2.26. The minimum Gasteiger partial charge on any atom is -0.489 e.